The van der Waals surface area contributed by atoms with E-state index in [9.17, 15) is 0 Å². The number of allylic oxidation sites excluding steroid dienone is 1. The zero-order chi connectivity index (χ0) is 6.81. The largest absolute Gasteiger partial charge is 0.161 e. The van der Waals surface area contributed by atoms with Crippen LogP contribution in [0.15, 0.2) is 12.2 Å². The summed E-state index contributed by atoms with van der Waals surface area (Å²) in [5.74, 6) is 4.92. The molecule has 0 aliphatic carbocycles. The summed E-state index contributed by atoms with van der Waals surface area (Å²) in [6, 6.07) is 0. The lowest BCUT2D eigenvalue weighted by molar-refractivity contribution is 0.644. The quantitative estimate of drug-likeness (QED) is 0.515. The smallest absolute Gasteiger partial charge is 0.0129 e. The fourth-order valence-corrected chi connectivity index (χ4v) is 4.20. The van der Waals surface area contributed by atoms with Gasteiger partial charge in [0.2, 0.25) is 0 Å². The van der Waals surface area contributed by atoms with Crippen LogP contribution in [0.5, 0.6) is 0 Å². The zero-order valence-corrected chi connectivity index (χ0v) is 7.59. The van der Waals surface area contributed by atoms with E-state index in [1.54, 1.807) is 0 Å². The van der Waals surface area contributed by atoms with Crippen LogP contribution < -0.4 is 0 Å². The molecule has 2 rings (SSSR count). The summed E-state index contributed by atoms with van der Waals surface area (Å²) >= 11 is 4.26. The van der Waals surface area contributed by atoms with Crippen LogP contribution in [-0.4, -0.2) is 22.5 Å². The molecule has 0 aromatic heterocycles. The zero-order valence-electron chi connectivity index (χ0n) is 5.95. The molecule has 2 heterocycles. The summed E-state index contributed by atoms with van der Waals surface area (Å²) < 4.78 is 0. The van der Waals surface area contributed by atoms with E-state index in [0.717, 1.165) is 11.2 Å². The third-order valence-corrected chi connectivity index (χ3v) is 4.67. The summed E-state index contributed by atoms with van der Waals surface area (Å²) in [4.78, 5) is 0. The lowest BCUT2D eigenvalue weighted by Crippen LogP contribution is -2.25. The van der Waals surface area contributed by atoms with Crippen molar-refractivity contribution >= 4 is 23.5 Å². The summed E-state index contributed by atoms with van der Waals surface area (Å²) in [6.45, 7) is 0. The van der Waals surface area contributed by atoms with Gasteiger partial charge in [-0.05, 0) is 18.1 Å². The van der Waals surface area contributed by atoms with Crippen molar-refractivity contribution in [2.45, 2.75) is 11.7 Å². The maximum Gasteiger partial charge on any atom is 0.0129 e. The van der Waals surface area contributed by atoms with Gasteiger partial charge in [-0.2, -0.15) is 23.5 Å². The molecule has 0 amide bonds. The topological polar surface area (TPSA) is 0 Å². The second-order valence-corrected chi connectivity index (χ2v) is 5.25. The third-order valence-electron chi connectivity index (χ3n) is 2.12. The fraction of sp³-hybridized carbons (Fsp3) is 0.750. The van der Waals surface area contributed by atoms with Crippen LogP contribution in [-0.2, 0) is 0 Å². The van der Waals surface area contributed by atoms with Gasteiger partial charge in [0.15, 0.2) is 0 Å². The van der Waals surface area contributed by atoms with Gasteiger partial charge in [-0.1, -0.05) is 12.2 Å². The van der Waals surface area contributed by atoms with Crippen molar-refractivity contribution in [2.75, 3.05) is 17.3 Å². The second-order valence-electron chi connectivity index (χ2n) is 2.83. The number of hydrogen-bond acceptors (Lipinski definition) is 2. The molecule has 0 bridgehead atoms. The van der Waals surface area contributed by atoms with Crippen molar-refractivity contribution in [2.24, 2.45) is 5.92 Å². The van der Waals surface area contributed by atoms with E-state index >= 15 is 0 Å². The SMILES string of the molecule is C1=CC2CSCCC2SC1. The average Bonchev–Trinajstić information content (AvgIpc) is 2.05. The third kappa shape index (κ3) is 1.37. The van der Waals surface area contributed by atoms with Gasteiger partial charge in [-0.15, -0.1) is 0 Å². The van der Waals surface area contributed by atoms with Gasteiger partial charge in [0.25, 0.3) is 0 Å². The minimum atomic E-state index is 0.900. The molecule has 56 valence electrons. The fourth-order valence-electron chi connectivity index (χ4n) is 1.54. The monoisotopic (exact) mass is 172 g/mol. The molecule has 0 radical (unpaired) electrons. The molecule has 1 saturated heterocycles. The second kappa shape index (κ2) is 3.22. The average molecular weight is 172 g/mol. The first kappa shape index (κ1) is 7.11. The minimum absolute atomic E-state index is 0.900. The summed E-state index contributed by atoms with van der Waals surface area (Å²) in [5, 5.41) is 0.964. The minimum Gasteiger partial charge on any atom is -0.161 e. The molecular weight excluding hydrogens is 160 g/mol. The van der Waals surface area contributed by atoms with Crippen LogP contribution in [0.25, 0.3) is 0 Å². The molecule has 2 unspecified atom stereocenters. The Morgan fingerprint density at radius 2 is 2.40 bits per heavy atom. The standard InChI is InChI=1S/C8H12S2/c1-2-7-6-9-5-3-8(7)10-4-1/h1-2,7-8H,3-6H2. The highest BCUT2D eigenvalue weighted by atomic mass is 32.2. The molecule has 2 heteroatoms. The van der Waals surface area contributed by atoms with Crippen LogP contribution in [0.1, 0.15) is 6.42 Å². The summed E-state index contributed by atoms with van der Waals surface area (Å²) in [5.41, 5.74) is 0. The van der Waals surface area contributed by atoms with E-state index in [4.69, 9.17) is 0 Å². The Balaban J connectivity index is 2.03. The van der Waals surface area contributed by atoms with Crippen molar-refractivity contribution in [3.63, 3.8) is 0 Å². The van der Waals surface area contributed by atoms with Gasteiger partial charge in [0, 0.05) is 16.8 Å². The van der Waals surface area contributed by atoms with Gasteiger partial charge in [0.05, 0.1) is 0 Å². The number of thioether (sulfide) groups is 2. The van der Waals surface area contributed by atoms with Crippen LogP contribution >= 0.6 is 23.5 Å². The van der Waals surface area contributed by atoms with Crippen LogP contribution in [0, 0.1) is 5.92 Å². The molecule has 0 nitrogen and oxygen atoms in total. The molecular formula is C8H12S2. The Morgan fingerprint density at radius 3 is 3.30 bits per heavy atom. The van der Waals surface area contributed by atoms with E-state index in [1.807, 2.05) is 0 Å². The first-order valence-corrected chi connectivity index (χ1v) is 6.03. The van der Waals surface area contributed by atoms with Crippen molar-refractivity contribution in [1.82, 2.24) is 0 Å². The Bertz CT molecular complexity index is 142. The summed E-state index contributed by atoms with van der Waals surface area (Å²) in [7, 11) is 0. The first-order chi connectivity index (χ1) is 4.97. The van der Waals surface area contributed by atoms with Gasteiger partial charge in [-0.3, -0.25) is 0 Å². The van der Waals surface area contributed by atoms with E-state index in [0.29, 0.717) is 0 Å². The van der Waals surface area contributed by atoms with Gasteiger partial charge < -0.3 is 0 Å². The summed E-state index contributed by atoms with van der Waals surface area (Å²) in [6.07, 6.45) is 6.19. The van der Waals surface area contributed by atoms with Crippen molar-refractivity contribution in [3.05, 3.63) is 12.2 Å². The van der Waals surface area contributed by atoms with Crippen LogP contribution in [0.3, 0.4) is 0 Å². The Hall–Kier alpha value is 0.440. The first-order valence-electron chi connectivity index (χ1n) is 3.83. The molecule has 0 saturated carbocycles. The highest BCUT2D eigenvalue weighted by Gasteiger charge is 2.24. The Labute approximate surface area is 70.8 Å². The maximum atomic E-state index is 2.42. The Kier molecular flexibility index (Phi) is 2.29. The molecule has 0 spiro atoms. The highest BCUT2D eigenvalue weighted by molar-refractivity contribution is 8.01. The molecule has 0 N–H and O–H groups in total. The lowest BCUT2D eigenvalue weighted by Gasteiger charge is -2.30. The molecule has 2 atom stereocenters. The predicted octanol–water partition coefficient (Wildman–Crippen LogP) is 2.41. The van der Waals surface area contributed by atoms with E-state index in [1.165, 1.54) is 23.7 Å². The van der Waals surface area contributed by atoms with Crippen LogP contribution in [0.4, 0.5) is 0 Å². The normalized spacial score (nSPS) is 39.2. The van der Waals surface area contributed by atoms with Crippen molar-refractivity contribution in [3.8, 4) is 0 Å². The van der Waals surface area contributed by atoms with Gasteiger partial charge in [0.1, 0.15) is 0 Å². The van der Waals surface area contributed by atoms with Crippen molar-refractivity contribution < 1.29 is 0 Å². The van der Waals surface area contributed by atoms with Gasteiger partial charge >= 0.3 is 0 Å². The number of rotatable bonds is 0. The predicted molar refractivity (Wildman–Crippen MR) is 50.8 cm³/mol. The van der Waals surface area contributed by atoms with Gasteiger partial charge in [-0.25, -0.2) is 0 Å². The van der Waals surface area contributed by atoms with Crippen LogP contribution in [0.2, 0.25) is 0 Å². The van der Waals surface area contributed by atoms with E-state index in [-0.39, 0.29) is 0 Å². The molecule has 2 aliphatic heterocycles. The molecule has 0 aromatic rings. The van der Waals surface area contributed by atoms with Crippen molar-refractivity contribution in [1.29, 1.82) is 0 Å². The number of hydrogen-bond donors (Lipinski definition) is 0. The lowest BCUT2D eigenvalue weighted by atomic mass is 10.0. The maximum absolute atomic E-state index is 2.42. The molecule has 2 aliphatic rings. The number of fused-ring (bicyclic) bond motifs is 1. The molecule has 10 heavy (non-hydrogen) atoms. The molecule has 0 aromatic carbocycles. The van der Waals surface area contributed by atoms with E-state index < -0.39 is 0 Å². The molecule has 1 fully saturated rings. The Morgan fingerprint density at radius 1 is 1.40 bits per heavy atom. The van der Waals surface area contributed by atoms with E-state index in [2.05, 4.69) is 35.7 Å². The highest BCUT2D eigenvalue weighted by Crippen LogP contribution is 2.35.